The highest BCUT2D eigenvalue weighted by atomic mass is 15.2. The average Bonchev–Trinajstić information content (AvgIpc) is 2.67. The second-order valence-electron chi connectivity index (χ2n) is 5.21. The lowest BCUT2D eigenvalue weighted by atomic mass is 9.89. The van der Waals surface area contributed by atoms with Crippen molar-refractivity contribution in [3.63, 3.8) is 0 Å². The van der Waals surface area contributed by atoms with Gasteiger partial charge in [-0.25, -0.2) is 15.0 Å². The quantitative estimate of drug-likeness (QED) is 0.881. The summed E-state index contributed by atoms with van der Waals surface area (Å²) in [6.07, 6.45) is 8.39. The summed E-state index contributed by atoms with van der Waals surface area (Å²) >= 11 is 0. The minimum atomic E-state index is 0.565. The second kappa shape index (κ2) is 4.55. The third kappa shape index (κ3) is 2.05. The molecule has 0 unspecified atom stereocenters. The van der Waals surface area contributed by atoms with E-state index in [4.69, 9.17) is 5.73 Å². The van der Waals surface area contributed by atoms with Gasteiger partial charge in [0.15, 0.2) is 5.65 Å². The topological polar surface area (TPSA) is 69.6 Å². The van der Waals surface area contributed by atoms with Crippen molar-refractivity contribution in [2.75, 3.05) is 5.73 Å². The molecule has 1 aliphatic rings. The van der Waals surface area contributed by atoms with Crippen LogP contribution in [0.1, 0.15) is 37.9 Å². The van der Waals surface area contributed by atoms with Crippen molar-refractivity contribution >= 4 is 17.1 Å². The molecule has 0 spiro atoms. The summed E-state index contributed by atoms with van der Waals surface area (Å²) in [7, 11) is 0. The van der Waals surface area contributed by atoms with Gasteiger partial charge in [0, 0.05) is 6.54 Å². The van der Waals surface area contributed by atoms with Crippen molar-refractivity contribution in [1.29, 1.82) is 0 Å². The largest absolute Gasteiger partial charge is 0.369 e. The van der Waals surface area contributed by atoms with Gasteiger partial charge in [0.2, 0.25) is 5.95 Å². The molecular formula is C13H19N5. The Kier molecular flexibility index (Phi) is 2.89. The first-order valence-corrected chi connectivity index (χ1v) is 6.69. The lowest BCUT2D eigenvalue weighted by Crippen LogP contribution is -2.16. The third-order valence-electron chi connectivity index (χ3n) is 3.80. The van der Waals surface area contributed by atoms with Gasteiger partial charge in [-0.05, 0) is 25.7 Å². The monoisotopic (exact) mass is 245 g/mol. The van der Waals surface area contributed by atoms with E-state index in [2.05, 4.69) is 19.5 Å². The molecule has 2 aromatic rings. The van der Waals surface area contributed by atoms with Gasteiger partial charge in [-0.1, -0.05) is 19.3 Å². The fourth-order valence-electron chi connectivity index (χ4n) is 2.83. The fraction of sp³-hybridized carbons (Fsp3) is 0.615. The molecule has 18 heavy (non-hydrogen) atoms. The van der Waals surface area contributed by atoms with E-state index in [-0.39, 0.29) is 0 Å². The highest BCUT2D eigenvalue weighted by Gasteiger charge is 2.18. The van der Waals surface area contributed by atoms with Crippen LogP contribution in [0, 0.1) is 12.8 Å². The normalized spacial score (nSPS) is 17.4. The standard InChI is InChI=1S/C13H19N5/c1-9-15-7-11-12(16-9)18(13(14)17-11)8-10-5-3-2-4-6-10/h7,10H,2-6,8H2,1H3,(H2,14,17). The summed E-state index contributed by atoms with van der Waals surface area (Å²) in [6.45, 7) is 2.84. The highest BCUT2D eigenvalue weighted by molar-refractivity contribution is 5.73. The number of nitrogens with zero attached hydrogens (tertiary/aromatic N) is 4. The summed E-state index contributed by atoms with van der Waals surface area (Å²) in [5.41, 5.74) is 7.68. The molecule has 0 aromatic carbocycles. The Morgan fingerprint density at radius 2 is 2.06 bits per heavy atom. The van der Waals surface area contributed by atoms with E-state index >= 15 is 0 Å². The summed E-state index contributed by atoms with van der Waals surface area (Å²) in [5.74, 6) is 2.05. The number of aryl methyl sites for hydroxylation is 1. The SMILES string of the molecule is Cc1ncc2nc(N)n(CC3CCCCC3)c2n1. The fourth-order valence-corrected chi connectivity index (χ4v) is 2.83. The zero-order valence-corrected chi connectivity index (χ0v) is 10.8. The number of hydrogen-bond acceptors (Lipinski definition) is 4. The van der Waals surface area contributed by atoms with E-state index in [0.717, 1.165) is 23.5 Å². The van der Waals surface area contributed by atoms with Crippen molar-refractivity contribution in [2.45, 2.75) is 45.6 Å². The molecule has 1 saturated carbocycles. The molecule has 0 radical (unpaired) electrons. The molecule has 0 amide bonds. The Morgan fingerprint density at radius 1 is 1.28 bits per heavy atom. The molecular weight excluding hydrogens is 226 g/mol. The Labute approximate surface area is 106 Å². The van der Waals surface area contributed by atoms with Crippen molar-refractivity contribution in [3.8, 4) is 0 Å². The van der Waals surface area contributed by atoms with E-state index in [0.29, 0.717) is 11.9 Å². The third-order valence-corrected chi connectivity index (χ3v) is 3.80. The molecule has 96 valence electrons. The summed E-state index contributed by atoms with van der Waals surface area (Å²) in [5, 5.41) is 0. The van der Waals surface area contributed by atoms with Gasteiger partial charge in [0.1, 0.15) is 11.3 Å². The lowest BCUT2D eigenvalue weighted by molar-refractivity contribution is 0.323. The Bertz CT molecular complexity index is 554. The number of anilines is 1. The molecule has 0 saturated heterocycles. The highest BCUT2D eigenvalue weighted by Crippen LogP contribution is 2.27. The number of hydrogen-bond donors (Lipinski definition) is 1. The molecule has 1 aliphatic carbocycles. The maximum Gasteiger partial charge on any atom is 0.202 e. The van der Waals surface area contributed by atoms with Crippen LogP contribution >= 0.6 is 0 Å². The average molecular weight is 245 g/mol. The number of fused-ring (bicyclic) bond motifs is 1. The molecule has 2 N–H and O–H groups in total. The number of imidazole rings is 1. The number of nitrogens with two attached hydrogens (primary N) is 1. The number of nitrogen functional groups attached to an aromatic ring is 1. The van der Waals surface area contributed by atoms with Crippen LogP contribution in [-0.4, -0.2) is 19.5 Å². The molecule has 2 heterocycles. The predicted molar refractivity (Wildman–Crippen MR) is 71.0 cm³/mol. The number of rotatable bonds is 2. The maximum atomic E-state index is 6.00. The second-order valence-corrected chi connectivity index (χ2v) is 5.21. The van der Waals surface area contributed by atoms with Crippen LogP contribution in [0.25, 0.3) is 11.2 Å². The lowest BCUT2D eigenvalue weighted by Gasteiger charge is -2.22. The van der Waals surface area contributed by atoms with Crippen molar-refractivity contribution < 1.29 is 0 Å². The van der Waals surface area contributed by atoms with Gasteiger partial charge in [-0.15, -0.1) is 0 Å². The van der Waals surface area contributed by atoms with Crippen LogP contribution in [0.5, 0.6) is 0 Å². The summed E-state index contributed by atoms with van der Waals surface area (Å²) in [6, 6.07) is 0. The van der Waals surface area contributed by atoms with Gasteiger partial charge in [-0.2, -0.15) is 0 Å². The van der Waals surface area contributed by atoms with Crippen LogP contribution in [0.2, 0.25) is 0 Å². The van der Waals surface area contributed by atoms with Crippen LogP contribution in [0.3, 0.4) is 0 Å². The van der Waals surface area contributed by atoms with Crippen molar-refractivity contribution in [2.24, 2.45) is 5.92 Å². The zero-order valence-electron chi connectivity index (χ0n) is 10.8. The van der Waals surface area contributed by atoms with Gasteiger partial charge < -0.3 is 5.73 Å². The van der Waals surface area contributed by atoms with Gasteiger partial charge >= 0.3 is 0 Å². The first-order chi connectivity index (χ1) is 8.74. The van der Waals surface area contributed by atoms with Crippen LogP contribution in [-0.2, 0) is 6.54 Å². The molecule has 0 atom stereocenters. The van der Waals surface area contributed by atoms with Gasteiger partial charge in [0.05, 0.1) is 6.20 Å². The summed E-state index contributed by atoms with van der Waals surface area (Å²) < 4.78 is 2.06. The molecule has 5 heteroatoms. The Morgan fingerprint density at radius 3 is 2.83 bits per heavy atom. The first-order valence-electron chi connectivity index (χ1n) is 6.69. The van der Waals surface area contributed by atoms with E-state index < -0.39 is 0 Å². The number of aromatic nitrogens is 4. The van der Waals surface area contributed by atoms with E-state index in [1.165, 1.54) is 32.1 Å². The molecule has 3 rings (SSSR count). The first kappa shape index (κ1) is 11.4. The minimum Gasteiger partial charge on any atom is -0.369 e. The zero-order chi connectivity index (χ0) is 12.5. The Hall–Kier alpha value is -1.65. The van der Waals surface area contributed by atoms with Crippen LogP contribution in [0.4, 0.5) is 5.95 Å². The molecule has 0 aliphatic heterocycles. The van der Waals surface area contributed by atoms with Crippen LogP contribution in [0.15, 0.2) is 6.20 Å². The van der Waals surface area contributed by atoms with Crippen molar-refractivity contribution in [1.82, 2.24) is 19.5 Å². The van der Waals surface area contributed by atoms with Crippen molar-refractivity contribution in [3.05, 3.63) is 12.0 Å². The predicted octanol–water partition coefficient (Wildman–Crippen LogP) is 2.30. The minimum absolute atomic E-state index is 0.565. The van der Waals surface area contributed by atoms with E-state index in [9.17, 15) is 0 Å². The molecule has 0 bridgehead atoms. The van der Waals surface area contributed by atoms with Gasteiger partial charge in [-0.3, -0.25) is 4.57 Å². The maximum absolute atomic E-state index is 6.00. The Balaban J connectivity index is 1.94. The molecule has 2 aromatic heterocycles. The smallest absolute Gasteiger partial charge is 0.202 e. The molecule has 1 fully saturated rings. The summed E-state index contributed by atoms with van der Waals surface area (Å²) in [4.78, 5) is 13.0. The van der Waals surface area contributed by atoms with Crippen LogP contribution < -0.4 is 5.73 Å². The van der Waals surface area contributed by atoms with E-state index in [1.807, 2.05) is 6.92 Å². The van der Waals surface area contributed by atoms with Gasteiger partial charge in [0.25, 0.3) is 0 Å². The van der Waals surface area contributed by atoms with E-state index in [1.54, 1.807) is 6.20 Å². The molecule has 5 nitrogen and oxygen atoms in total.